The molecule has 1 aromatic rings. The van der Waals surface area contributed by atoms with Crippen molar-refractivity contribution in [3.05, 3.63) is 29.6 Å². The van der Waals surface area contributed by atoms with E-state index < -0.39 is 36.2 Å². The molecule has 0 fully saturated rings. The number of aromatic nitrogens is 1. The molecule has 0 saturated carbocycles. The first-order valence-electron chi connectivity index (χ1n) is 5.00. The Hall–Kier alpha value is -2.16. The van der Waals surface area contributed by atoms with Crippen LogP contribution in [0, 0.1) is 0 Å². The summed E-state index contributed by atoms with van der Waals surface area (Å²) in [6, 6.07) is 1.58. The van der Waals surface area contributed by atoms with E-state index in [9.17, 15) is 22.8 Å². The minimum Gasteiger partial charge on any atom is -0.381 e. The number of hydrogen-bond acceptors (Lipinski definition) is 4. The largest absolute Gasteiger partial charge is 0.417 e. The van der Waals surface area contributed by atoms with Crippen molar-refractivity contribution in [2.24, 2.45) is 5.73 Å². The van der Waals surface area contributed by atoms with Gasteiger partial charge >= 0.3 is 6.18 Å². The molecule has 2 amide bonds. The Morgan fingerprint density at radius 3 is 2.47 bits per heavy atom. The van der Waals surface area contributed by atoms with Crippen LogP contribution in [0.15, 0.2) is 18.3 Å². The van der Waals surface area contributed by atoms with Crippen molar-refractivity contribution in [1.29, 1.82) is 0 Å². The summed E-state index contributed by atoms with van der Waals surface area (Å²) in [5.41, 5.74) is 3.49. The number of nitrogens with zero attached hydrogens (tertiary/aromatic N) is 1. The molecule has 0 aliphatic heterocycles. The van der Waals surface area contributed by atoms with E-state index in [-0.39, 0.29) is 5.69 Å². The third-order valence-electron chi connectivity index (χ3n) is 2.11. The summed E-state index contributed by atoms with van der Waals surface area (Å²) in [6.07, 6.45) is -5.60. The number of halogens is 3. The number of rotatable bonds is 4. The van der Waals surface area contributed by atoms with Gasteiger partial charge in [0.15, 0.2) is 0 Å². The Morgan fingerprint density at radius 2 is 2.05 bits per heavy atom. The molecule has 4 N–H and O–H groups in total. The minimum atomic E-state index is -4.54. The van der Waals surface area contributed by atoms with Gasteiger partial charge in [-0.25, -0.2) is 0 Å². The zero-order valence-corrected chi connectivity index (χ0v) is 9.44. The van der Waals surface area contributed by atoms with E-state index in [1.807, 2.05) is 0 Å². The van der Waals surface area contributed by atoms with Crippen LogP contribution in [0.3, 0.4) is 0 Å². The summed E-state index contributed by atoms with van der Waals surface area (Å²) in [7, 11) is 0. The van der Waals surface area contributed by atoms with Crippen LogP contribution in [0.1, 0.15) is 16.1 Å². The van der Waals surface area contributed by atoms with Crippen molar-refractivity contribution < 1.29 is 27.9 Å². The Morgan fingerprint density at radius 1 is 1.42 bits per heavy atom. The van der Waals surface area contributed by atoms with Gasteiger partial charge in [0, 0.05) is 6.20 Å². The predicted octanol–water partition coefficient (Wildman–Crippen LogP) is -0.324. The molecular weight excluding hydrogens is 267 g/mol. The average Bonchev–Trinajstić information content (AvgIpc) is 2.34. The van der Waals surface area contributed by atoms with E-state index in [1.54, 1.807) is 0 Å². The summed E-state index contributed by atoms with van der Waals surface area (Å²) in [6.45, 7) is -0.448. The van der Waals surface area contributed by atoms with Gasteiger partial charge in [-0.2, -0.15) is 13.2 Å². The first kappa shape index (κ1) is 14.9. The standard InChI is InChI=1S/C10H10F3N3O3/c11-10(12,13)5-1-2-6(15-3-5)9(19)16-4-7(17)8(14)18/h1-3,7,17H,4H2,(H2,14,18)(H,16,19). The van der Waals surface area contributed by atoms with Crippen molar-refractivity contribution in [1.82, 2.24) is 10.3 Å². The maximum Gasteiger partial charge on any atom is 0.417 e. The highest BCUT2D eigenvalue weighted by molar-refractivity contribution is 5.92. The van der Waals surface area contributed by atoms with Crippen LogP contribution in [0.2, 0.25) is 0 Å². The molecule has 1 unspecified atom stereocenters. The number of amides is 2. The zero-order valence-electron chi connectivity index (χ0n) is 9.44. The van der Waals surface area contributed by atoms with Gasteiger partial charge in [-0.3, -0.25) is 14.6 Å². The molecule has 6 nitrogen and oxygen atoms in total. The van der Waals surface area contributed by atoms with Gasteiger partial charge in [0.05, 0.1) is 12.1 Å². The van der Waals surface area contributed by atoms with Gasteiger partial charge in [0.25, 0.3) is 5.91 Å². The maximum absolute atomic E-state index is 12.2. The van der Waals surface area contributed by atoms with Gasteiger partial charge in [-0.1, -0.05) is 0 Å². The molecule has 0 aliphatic carbocycles. The van der Waals surface area contributed by atoms with Gasteiger partial charge in [-0.05, 0) is 12.1 Å². The molecule has 9 heteroatoms. The van der Waals surface area contributed by atoms with Crippen LogP contribution < -0.4 is 11.1 Å². The lowest BCUT2D eigenvalue weighted by Crippen LogP contribution is -2.40. The lowest BCUT2D eigenvalue weighted by atomic mass is 10.2. The highest BCUT2D eigenvalue weighted by Crippen LogP contribution is 2.28. The number of hydrogen-bond donors (Lipinski definition) is 3. The van der Waals surface area contributed by atoms with Crippen LogP contribution in [0.5, 0.6) is 0 Å². The third kappa shape index (κ3) is 4.21. The summed E-state index contributed by atoms with van der Waals surface area (Å²) in [4.78, 5) is 25.2. The topological polar surface area (TPSA) is 105 Å². The number of nitrogens with one attached hydrogen (secondary N) is 1. The smallest absolute Gasteiger partial charge is 0.381 e. The zero-order chi connectivity index (χ0) is 14.6. The maximum atomic E-state index is 12.2. The van der Waals surface area contributed by atoms with Crippen molar-refractivity contribution in [3.63, 3.8) is 0 Å². The van der Waals surface area contributed by atoms with Crippen LogP contribution in [0.25, 0.3) is 0 Å². The number of carbonyl (C=O) groups excluding carboxylic acids is 2. The van der Waals surface area contributed by atoms with Crippen molar-refractivity contribution in [2.75, 3.05) is 6.54 Å². The van der Waals surface area contributed by atoms with Crippen molar-refractivity contribution in [2.45, 2.75) is 12.3 Å². The molecule has 0 saturated heterocycles. The molecule has 19 heavy (non-hydrogen) atoms. The number of nitrogens with two attached hydrogens (primary N) is 1. The molecule has 0 aliphatic rings. The van der Waals surface area contributed by atoms with E-state index in [4.69, 9.17) is 10.8 Å². The highest BCUT2D eigenvalue weighted by atomic mass is 19.4. The quantitative estimate of drug-likeness (QED) is 0.701. The molecule has 1 rings (SSSR count). The fourth-order valence-corrected chi connectivity index (χ4v) is 1.08. The summed E-state index contributed by atoms with van der Waals surface area (Å²) in [5.74, 6) is -1.85. The molecular formula is C10H10F3N3O3. The molecule has 0 spiro atoms. The molecule has 0 radical (unpaired) electrons. The van der Waals surface area contributed by atoms with Gasteiger partial charge in [0.2, 0.25) is 5.91 Å². The van der Waals surface area contributed by atoms with Gasteiger partial charge in [0.1, 0.15) is 11.8 Å². The normalized spacial score (nSPS) is 12.8. The molecule has 0 bridgehead atoms. The van der Waals surface area contributed by atoms with E-state index in [0.29, 0.717) is 12.3 Å². The Balaban J connectivity index is 2.66. The number of alkyl halides is 3. The van der Waals surface area contributed by atoms with Crippen molar-refractivity contribution >= 4 is 11.8 Å². The molecule has 1 aromatic heterocycles. The Labute approximate surface area is 105 Å². The van der Waals surface area contributed by atoms with Gasteiger partial charge < -0.3 is 16.2 Å². The molecule has 104 valence electrons. The second-order valence-electron chi connectivity index (χ2n) is 3.56. The van der Waals surface area contributed by atoms with Crippen LogP contribution in [0.4, 0.5) is 13.2 Å². The third-order valence-corrected chi connectivity index (χ3v) is 2.11. The number of pyridine rings is 1. The Bertz CT molecular complexity index is 473. The molecule has 1 atom stereocenters. The Kier molecular flexibility index (Phi) is 4.43. The molecule has 0 aromatic carbocycles. The second kappa shape index (κ2) is 5.65. The summed E-state index contributed by atoms with van der Waals surface area (Å²) < 4.78 is 36.7. The second-order valence-corrected chi connectivity index (χ2v) is 3.56. The van der Waals surface area contributed by atoms with E-state index >= 15 is 0 Å². The first-order chi connectivity index (χ1) is 8.71. The summed E-state index contributed by atoms with van der Waals surface area (Å²) >= 11 is 0. The number of aliphatic hydroxyl groups excluding tert-OH is 1. The highest BCUT2D eigenvalue weighted by Gasteiger charge is 2.30. The van der Waals surface area contributed by atoms with Crippen LogP contribution >= 0.6 is 0 Å². The number of primary amides is 1. The minimum absolute atomic E-state index is 0.273. The molecule has 1 heterocycles. The van der Waals surface area contributed by atoms with Crippen LogP contribution in [-0.2, 0) is 11.0 Å². The fourth-order valence-electron chi connectivity index (χ4n) is 1.08. The monoisotopic (exact) mass is 277 g/mol. The van der Waals surface area contributed by atoms with Gasteiger partial charge in [-0.15, -0.1) is 0 Å². The number of aliphatic hydroxyl groups is 1. The lowest BCUT2D eigenvalue weighted by Gasteiger charge is -2.09. The fraction of sp³-hybridized carbons (Fsp3) is 0.300. The average molecular weight is 277 g/mol. The van der Waals surface area contributed by atoms with Crippen molar-refractivity contribution in [3.8, 4) is 0 Å². The SMILES string of the molecule is NC(=O)C(O)CNC(=O)c1ccc(C(F)(F)F)cn1. The lowest BCUT2D eigenvalue weighted by molar-refractivity contribution is -0.137. The van der Waals surface area contributed by atoms with Crippen LogP contribution in [-0.4, -0.2) is 34.6 Å². The number of carbonyl (C=O) groups is 2. The first-order valence-corrected chi connectivity index (χ1v) is 5.00. The van der Waals surface area contributed by atoms with E-state index in [0.717, 1.165) is 6.07 Å². The predicted molar refractivity (Wildman–Crippen MR) is 56.8 cm³/mol. The van der Waals surface area contributed by atoms with E-state index in [2.05, 4.69) is 10.3 Å². The summed E-state index contributed by atoms with van der Waals surface area (Å²) in [5, 5.41) is 11.1. The van der Waals surface area contributed by atoms with E-state index in [1.165, 1.54) is 0 Å².